The summed E-state index contributed by atoms with van der Waals surface area (Å²) in [6.45, 7) is 2.63. The Bertz CT molecular complexity index is 646. The molecule has 3 rings (SSSR count). The van der Waals surface area contributed by atoms with Crippen LogP contribution in [0.15, 0.2) is 29.2 Å². The lowest BCUT2D eigenvalue weighted by Gasteiger charge is -2.35. The van der Waals surface area contributed by atoms with Gasteiger partial charge in [0, 0.05) is 13.0 Å². The topological polar surface area (TPSA) is 72.9 Å². The number of piperidine rings is 1. The summed E-state index contributed by atoms with van der Waals surface area (Å²) in [5, 5.41) is 0. The van der Waals surface area contributed by atoms with Gasteiger partial charge < -0.3 is 9.47 Å². The van der Waals surface area contributed by atoms with E-state index in [0.29, 0.717) is 13.2 Å². The quantitative estimate of drug-likeness (QED) is 0.804. The van der Waals surface area contributed by atoms with Crippen molar-refractivity contribution >= 4 is 15.8 Å². The highest BCUT2D eigenvalue weighted by atomic mass is 32.2. The van der Waals surface area contributed by atoms with Gasteiger partial charge in [-0.2, -0.15) is 4.31 Å². The van der Waals surface area contributed by atoms with Crippen molar-refractivity contribution in [2.45, 2.75) is 24.0 Å². The fraction of sp³-hybridized carbons (Fsp3) is 0.500. The molecule has 0 unspecified atom stereocenters. The van der Waals surface area contributed by atoms with E-state index in [4.69, 9.17) is 9.47 Å². The zero-order valence-corrected chi connectivity index (χ0v) is 12.6. The highest BCUT2D eigenvalue weighted by molar-refractivity contribution is 7.89. The first-order valence-corrected chi connectivity index (χ1v) is 8.26. The highest BCUT2D eigenvalue weighted by Gasteiger charge is 2.49. The van der Waals surface area contributed by atoms with E-state index in [-0.39, 0.29) is 30.2 Å². The van der Waals surface area contributed by atoms with Crippen molar-refractivity contribution in [2.75, 3.05) is 26.3 Å². The van der Waals surface area contributed by atoms with Crippen LogP contribution < -0.4 is 0 Å². The molecule has 2 heterocycles. The molecule has 1 aromatic carbocycles. The molecule has 7 heteroatoms. The molecule has 0 bridgehead atoms. The van der Waals surface area contributed by atoms with Crippen LogP contribution in [-0.2, 0) is 24.3 Å². The number of aryl methyl sites for hydroxylation is 1. The van der Waals surface area contributed by atoms with E-state index >= 15 is 0 Å². The average Bonchev–Trinajstić information content (AvgIpc) is 2.92. The van der Waals surface area contributed by atoms with Crippen LogP contribution in [0.25, 0.3) is 0 Å². The third kappa shape index (κ3) is 2.50. The minimum atomic E-state index is -3.66. The molecular weight excluding hydrogens is 294 g/mol. The first kappa shape index (κ1) is 14.6. The van der Waals surface area contributed by atoms with Crippen LogP contribution >= 0.6 is 0 Å². The van der Waals surface area contributed by atoms with Gasteiger partial charge >= 0.3 is 0 Å². The molecule has 2 saturated heterocycles. The molecule has 0 amide bonds. The fourth-order valence-electron chi connectivity index (χ4n) is 2.60. The van der Waals surface area contributed by atoms with Gasteiger partial charge in [0.05, 0.1) is 24.7 Å². The molecule has 2 aliphatic rings. The Kier molecular flexibility index (Phi) is 3.61. The van der Waals surface area contributed by atoms with Gasteiger partial charge in [0.25, 0.3) is 0 Å². The number of hydrogen-bond donors (Lipinski definition) is 0. The zero-order chi connectivity index (χ0) is 15.1. The first-order valence-electron chi connectivity index (χ1n) is 6.82. The Morgan fingerprint density at radius 1 is 1.14 bits per heavy atom. The smallest absolute Gasteiger partial charge is 0.243 e. The van der Waals surface area contributed by atoms with Crippen molar-refractivity contribution in [3.63, 3.8) is 0 Å². The Morgan fingerprint density at radius 3 is 2.33 bits per heavy atom. The van der Waals surface area contributed by atoms with E-state index in [2.05, 4.69) is 0 Å². The van der Waals surface area contributed by atoms with Gasteiger partial charge in [-0.25, -0.2) is 8.42 Å². The average molecular weight is 311 g/mol. The second-order valence-electron chi connectivity index (χ2n) is 5.27. The molecule has 114 valence electrons. The molecule has 0 aromatic heterocycles. The molecule has 0 saturated carbocycles. The SMILES string of the molecule is Cc1ccc(S(=O)(=O)N2CCC3(OCCO3)C(=O)C2)cc1. The van der Waals surface area contributed by atoms with Crippen LogP contribution in [0.3, 0.4) is 0 Å². The molecule has 21 heavy (non-hydrogen) atoms. The number of Topliss-reactive ketones (excluding diaryl/α,β-unsaturated/α-hetero) is 1. The molecule has 1 aromatic rings. The maximum absolute atomic E-state index is 12.5. The third-order valence-corrected chi connectivity index (χ3v) is 5.71. The summed E-state index contributed by atoms with van der Waals surface area (Å²) in [4.78, 5) is 12.4. The Labute approximate surface area is 123 Å². The molecule has 0 N–H and O–H groups in total. The molecule has 2 aliphatic heterocycles. The van der Waals surface area contributed by atoms with Crippen molar-refractivity contribution in [1.82, 2.24) is 4.31 Å². The molecule has 6 nitrogen and oxygen atoms in total. The Morgan fingerprint density at radius 2 is 1.76 bits per heavy atom. The molecular formula is C14H17NO5S. The van der Waals surface area contributed by atoms with Crippen LogP contribution in [0.5, 0.6) is 0 Å². The van der Waals surface area contributed by atoms with E-state index in [1.807, 2.05) is 6.92 Å². The first-order chi connectivity index (χ1) is 9.94. The molecule has 2 fully saturated rings. The minimum Gasteiger partial charge on any atom is -0.341 e. The van der Waals surface area contributed by atoms with Crippen LogP contribution in [0.4, 0.5) is 0 Å². The lowest BCUT2D eigenvalue weighted by Crippen LogP contribution is -2.54. The summed E-state index contributed by atoms with van der Waals surface area (Å²) in [6.07, 6.45) is 0.233. The lowest BCUT2D eigenvalue weighted by molar-refractivity contribution is -0.189. The predicted octanol–water partition coefficient (Wildman–Crippen LogP) is 0.702. The predicted molar refractivity (Wildman–Crippen MR) is 74.2 cm³/mol. The van der Waals surface area contributed by atoms with Crippen molar-refractivity contribution < 1.29 is 22.7 Å². The van der Waals surface area contributed by atoms with E-state index in [1.165, 1.54) is 4.31 Å². The lowest BCUT2D eigenvalue weighted by atomic mass is 10.0. The second-order valence-corrected chi connectivity index (χ2v) is 7.21. The number of benzene rings is 1. The van der Waals surface area contributed by atoms with Gasteiger partial charge in [0.15, 0.2) is 0 Å². The van der Waals surface area contributed by atoms with Gasteiger partial charge in [0.1, 0.15) is 0 Å². The summed E-state index contributed by atoms with van der Waals surface area (Å²) >= 11 is 0. The van der Waals surface area contributed by atoms with Gasteiger partial charge in [-0.05, 0) is 19.1 Å². The maximum Gasteiger partial charge on any atom is 0.243 e. The highest BCUT2D eigenvalue weighted by Crippen LogP contribution is 2.31. The van der Waals surface area contributed by atoms with Crippen LogP contribution in [0, 0.1) is 6.92 Å². The standard InChI is InChI=1S/C14H17NO5S/c1-11-2-4-12(5-3-11)21(17,18)15-7-6-14(13(16)10-15)19-8-9-20-14/h2-5H,6-10H2,1H3. The van der Waals surface area contributed by atoms with Crippen molar-refractivity contribution in [2.24, 2.45) is 0 Å². The number of rotatable bonds is 2. The van der Waals surface area contributed by atoms with Crippen LogP contribution in [-0.4, -0.2) is 50.6 Å². The number of ether oxygens (including phenoxy) is 2. The second kappa shape index (κ2) is 5.17. The third-order valence-electron chi connectivity index (χ3n) is 3.85. The minimum absolute atomic E-state index is 0.199. The number of hydrogen-bond acceptors (Lipinski definition) is 5. The summed E-state index contributed by atoms with van der Waals surface area (Å²) < 4.78 is 37.0. The maximum atomic E-state index is 12.5. The number of sulfonamides is 1. The zero-order valence-electron chi connectivity index (χ0n) is 11.7. The number of nitrogens with zero attached hydrogens (tertiary/aromatic N) is 1. The molecule has 0 aliphatic carbocycles. The summed E-state index contributed by atoms with van der Waals surface area (Å²) in [6, 6.07) is 6.59. The van der Waals surface area contributed by atoms with E-state index in [1.54, 1.807) is 24.3 Å². The van der Waals surface area contributed by atoms with Crippen molar-refractivity contribution in [1.29, 1.82) is 0 Å². The Hall–Kier alpha value is -1.28. The van der Waals surface area contributed by atoms with Crippen molar-refractivity contribution in [3.8, 4) is 0 Å². The molecule has 0 atom stereocenters. The van der Waals surface area contributed by atoms with E-state index < -0.39 is 15.8 Å². The Balaban J connectivity index is 1.82. The monoisotopic (exact) mass is 311 g/mol. The van der Waals surface area contributed by atoms with Gasteiger partial charge in [0.2, 0.25) is 21.6 Å². The van der Waals surface area contributed by atoms with Gasteiger partial charge in [-0.15, -0.1) is 0 Å². The normalized spacial score (nSPS) is 22.8. The summed E-state index contributed by atoms with van der Waals surface area (Å²) in [5.74, 6) is -1.55. The number of carbonyl (C=O) groups is 1. The number of ketones is 1. The fourth-order valence-corrected chi connectivity index (χ4v) is 3.99. The van der Waals surface area contributed by atoms with Crippen LogP contribution in [0.2, 0.25) is 0 Å². The summed E-state index contributed by atoms with van der Waals surface area (Å²) in [7, 11) is -3.66. The molecule has 1 spiro atoms. The van der Waals surface area contributed by atoms with Crippen LogP contribution in [0.1, 0.15) is 12.0 Å². The van der Waals surface area contributed by atoms with Crippen molar-refractivity contribution in [3.05, 3.63) is 29.8 Å². The molecule has 0 radical (unpaired) electrons. The van der Waals surface area contributed by atoms with E-state index in [0.717, 1.165) is 5.56 Å². The number of carbonyl (C=O) groups excluding carboxylic acids is 1. The largest absolute Gasteiger partial charge is 0.341 e. The van der Waals surface area contributed by atoms with Gasteiger partial charge in [-0.3, -0.25) is 4.79 Å². The van der Waals surface area contributed by atoms with Gasteiger partial charge in [-0.1, -0.05) is 17.7 Å². The summed E-state index contributed by atoms with van der Waals surface area (Å²) in [5.41, 5.74) is 0.982. The van der Waals surface area contributed by atoms with E-state index in [9.17, 15) is 13.2 Å².